The molecular formula is C18H30N2O5S. The minimum Gasteiger partial charge on any atom is -0.447 e. The molecule has 0 spiro atoms. The summed E-state index contributed by atoms with van der Waals surface area (Å²) in [6, 6.07) is -0.0801. The van der Waals surface area contributed by atoms with Crippen molar-refractivity contribution in [1.29, 1.82) is 0 Å². The van der Waals surface area contributed by atoms with Gasteiger partial charge in [0.15, 0.2) is 0 Å². The molecule has 3 heterocycles. The molecule has 0 saturated carbocycles. The van der Waals surface area contributed by atoms with Gasteiger partial charge in [-0.3, -0.25) is 4.79 Å². The first kappa shape index (κ1) is 19.5. The summed E-state index contributed by atoms with van der Waals surface area (Å²) in [4.78, 5) is 28.7. The SMILES string of the molecule is O=C(OCC1CCCCN1C(=O)C1CCS(=O)(=O)CC1)N1CCCCC1. The van der Waals surface area contributed by atoms with E-state index in [9.17, 15) is 18.0 Å². The normalized spacial score (nSPS) is 27.2. The van der Waals surface area contributed by atoms with E-state index in [0.29, 0.717) is 19.4 Å². The lowest BCUT2D eigenvalue weighted by molar-refractivity contribution is -0.140. The van der Waals surface area contributed by atoms with E-state index >= 15 is 0 Å². The standard InChI is InChI=1S/C18H30N2O5S/c21-17(15-7-12-26(23,24)13-8-15)20-11-5-2-6-16(20)14-25-18(22)19-9-3-1-4-10-19/h15-16H,1-14H2. The van der Waals surface area contributed by atoms with Crippen molar-refractivity contribution < 1.29 is 22.7 Å². The van der Waals surface area contributed by atoms with Crippen molar-refractivity contribution in [3.63, 3.8) is 0 Å². The summed E-state index contributed by atoms with van der Waals surface area (Å²) in [6.07, 6.45) is 6.57. The van der Waals surface area contributed by atoms with Crippen molar-refractivity contribution in [2.24, 2.45) is 5.92 Å². The lowest BCUT2D eigenvalue weighted by Crippen LogP contribution is -2.50. The van der Waals surface area contributed by atoms with Crippen LogP contribution in [0.1, 0.15) is 51.4 Å². The highest BCUT2D eigenvalue weighted by Gasteiger charge is 2.35. The predicted molar refractivity (Wildman–Crippen MR) is 97.5 cm³/mol. The van der Waals surface area contributed by atoms with Crippen LogP contribution in [0.15, 0.2) is 0 Å². The van der Waals surface area contributed by atoms with Crippen LogP contribution in [0.4, 0.5) is 4.79 Å². The summed E-state index contributed by atoms with van der Waals surface area (Å²) < 4.78 is 28.7. The fourth-order valence-corrected chi connectivity index (χ4v) is 5.66. The second-order valence-corrected chi connectivity index (χ2v) is 10.0. The zero-order valence-corrected chi connectivity index (χ0v) is 16.2. The summed E-state index contributed by atoms with van der Waals surface area (Å²) >= 11 is 0. The number of carbonyl (C=O) groups excluding carboxylic acids is 2. The number of amides is 2. The molecule has 0 aromatic rings. The Balaban J connectivity index is 1.53. The Morgan fingerprint density at radius 3 is 2.23 bits per heavy atom. The Hall–Kier alpha value is -1.31. The van der Waals surface area contributed by atoms with E-state index in [0.717, 1.165) is 51.6 Å². The molecule has 3 saturated heterocycles. The molecule has 0 aliphatic carbocycles. The lowest BCUT2D eigenvalue weighted by atomic mass is 9.96. The van der Waals surface area contributed by atoms with Gasteiger partial charge in [0.1, 0.15) is 16.4 Å². The molecule has 3 aliphatic rings. The van der Waals surface area contributed by atoms with Gasteiger partial charge in [-0.1, -0.05) is 0 Å². The molecule has 0 bridgehead atoms. The average Bonchev–Trinajstić information content (AvgIpc) is 2.66. The maximum atomic E-state index is 12.9. The lowest BCUT2D eigenvalue weighted by Gasteiger charge is -2.38. The van der Waals surface area contributed by atoms with Gasteiger partial charge in [-0.25, -0.2) is 13.2 Å². The average molecular weight is 387 g/mol. The number of likely N-dealkylation sites (tertiary alicyclic amines) is 2. The van der Waals surface area contributed by atoms with Crippen LogP contribution < -0.4 is 0 Å². The summed E-state index contributed by atoms with van der Waals surface area (Å²) in [5.41, 5.74) is 0. The third kappa shape index (κ3) is 4.90. The van der Waals surface area contributed by atoms with Crippen LogP contribution in [0.25, 0.3) is 0 Å². The number of nitrogens with zero attached hydrogens (tertiary/aromatic N) is 2. The van der Waals surface area contributed by atoms with E-state index < -0.39 is 9.84 Å². The van der Waals surface area contributed by atoms with Gasteiger partial charge in [0, 0.05) is 25.6 Å². The zero-order valence-electron chi connectivity index (χ0n) is 15.4. The van der Waals surface area contributed by atoms with Gasteiger partial charge in [0.2, 0.25) is 5.91 Å². The van der Waals surface area contributed by atoms with Gasteiger partial charge in [0.05, 0.1) is 17.5 Å². The van der Waals surface area contributed by atoms with Crippen molar-refractivity contribution in [3.8, 4) is 0 Å². The second kappa shape index (κ2) is 8.59. The van der Waals surface area contributed by atoms with Gasteiger partial charge in [-0.2, -0.15) is 0 Å². The number of rotatable bonds is 3. The summed E-state index contributed by atoms with van der Waals surface area (Å²) in [6.45, 7) is 2.42. The molecule has 0 N–H and O–H groups in total. The van der Waals surface area contributed by atoms with Crippen molar-refractivity contribution in [2.75, 3.05) is 37.7 Å². The first-order chi connectivity index (χ1) is 12.5. The van der Waals surface area contributed by atoms with Gasteiger partial charge < -0.3 is 14.5 Å². The molecule has 148 valence electrons. The van der Waals surface area contributed by atoms with Crippen molar-refractivity contribution >= 4 is 21.8 Å². The van der Waals surface area contributed by atoms with Crippen LogP contribution >= 0.6 is 0 Å². The van der Waals surface area contributed by atoms with Crippen molar-refractivity contribution in [1.82, 2.24) is 9.80 Å². The van der Waals surface area contributed by atoms with Crippen LogP contribution in [0.3, 0.4) is 0 Å². The second-order valence-electron chi connectivity index (χ2n) is 7.73. The van der Waals surface area contributed by atoms with Crippen LogP contribution in [0, 0.1) is 5.92 Å². The molecule has 0 aromatic carbocycles. The number of hydrogen-bond acceptors (Lipinski definition) is 5. The monoisotopic (exact) mass is 386 g/mol. The molecule has 3 rings (SSSR count). The van der Waals surface area contributed by atoms with Crippen molar-refractivity contribution in [3.05, 3.63) is 0 Å². The predicted octanol–water partition coefficient (Wildman–Crippen LogP) is 1.81. The van der Waals surface area contributed by atoms with Crippen LogP contribution in [-0.4, -0.2) is 74.0 Å². The van der Waals surface area contributed by atoms with E-state index in [-0.39, 0.29) is 42.1 Å². The molecule has 3 fully saturated rings. The highest BCUT2D eigenvalue weighted by Crippen LogP contribution is 2.26. The number of sulfone groups is 1. The number of piperidine rings is 2. The fourth-order valence-electron chi connectivity index (χ4n) is 4.17. The molecule has 0 radical (unpaired) electrons. The minimum absolute atomic E-state index is 0.0404. The third-order valence-electron chi connectivity index (χ3n) is 5.83. The van der Waals surface area contributed by atoms with Gasteiger partial charge in [-0.05, 0) is 51.4 Å². The summed E-state index contributed by atoms with van der Waals surface area (Å²) in [5.74, 6) is 0.0353. The minimum atomic E-state index is -2.97. The molecule has 1 atom stereocenters. The van der Waals surface area contributed by atoms with Gasteiger partial charge >= 0.3 is 6.09 Å². The molecule has 26 heavy (non-hydrogen) atoms. The maximum absolute atomic E-state index is 12.9. The number of carbonyl (C=O) groups is 2. The smallest absolute Gasteiger partial charge is 0.409 e. The van der Waals surface area contributed by atoms with Gasteiger partial charge in [0.25, 0.3) is 0 Å². The Kier molecular flexibility index (Phi) is 6.42. The maximum Gasteiger partial charge on any atom is 0.409 e. The molecule has 8 heteroatoms. The van der Waals surface area contributed by atoms with E-state index in [1.165, 1.54) is 0 Å². The highest BCUT2D eigenvalue weighted by molar-refractivity contribution is 7.91. The van der Waals surface area contributed by atoms with Crippen molar-refractivity contribution in [2.45, 2.75) is 57.4 Å². The van der Waals surface area contributed by atoms with E-state index in [2.05, 4.69) is 0 Å². The molecule has 0 aromatic heterocycles. The Bertz CT molecular complexity index is 601. The third-order valence-corrected chi connectivity index (χ3v) is 7.54. The molecule has 1 unspecified atom stereocenters. The van der Waals surface area contributed by atoms with Crippen LogP contribution in [0.5, 0.6) is 0 Å². The molecule has 2 amide bonds. The number of ether oxygens (including phenoxy) is 1. The molecular weight excluding hydrogens is 356 g/mol. The highest BCUT2D eigenvalue weighted by atomic mass is 32.2. The van der Waals surface area contributed by atoms with Gasteiger partial charge in [-0.15, -0.1) is 0 Å². The molecule has 7 nitrogen and oxygen atoms in total. The topological polar surface area (TPSA) is 84.0 Å². The Morgan fingerprint density at radius 2 is 1.54 bits per heavy atom. The summed E-state index contributed by atoms with van der Waals surface area (Å²) in [7, 11) is -2.97. The summed E-state index contributed by atoms with van der Waals surface area (Å²) in [5, 5.41) is 0. The number of hydrogen-bond donors (Lipinski definition) is 0. The van der Waals surface area contributed by atoms with E-state index in [1.54, 1.807) is 4.90 Å². The first-order valence-electron chi connectivity index (χ1n) is 9.89. The van der Waals surface area contributed by atoms with E-state index in [4.69, 9.17) is 4.74 Å². The van der Waals surface area contributed by atoms with E-state index in [1.807, 2.05) is 4.90 Å². The zero-order chi connectivity index (χ0) is 18.6. The largest absolute Gasteiger partial charge is 0.447 e. The first-order valence-corrected chi connectivity index (χ1v) is 11.7. The Labute approximate surface area is 156 Å². The fraction of sp³-hybridized carbons (Fsp3) is 0.889. The molecule has 3 aliphatic heterocycles. The quantitative estimate of drug-likeness (QED) is 0.739. The van der Waals surface area contributed by atoms with Crippen LogP contribution in [-0.2, 0) is 19.4 Å². The van der Waals surface area contributed by atoms with Crippen LogP contribution in [0.2, 0.25) is 0 Å². The Morgan fingerprint density at radius 1 is 0.885 bits per heavy atom.